The van der Waals surface area contributed by atoms with Crippen molar-refractivity contribution in [1.82, 2.24) is 0 Å². The van der Waals surface area contributed by atoms with Crippen LogP contribution in [0.5, 0.6) is 5.75 Å². The van der Waals surface area contributed by atoms with E-state index in [0.717, 1.165) is 60.0 Å². The molecule has 0 saturated heterocycles. The molecular weight excluding hydrogens is 434 g/mol. The van der Waals surface area contributed by atoms with E-state index in [9.17, 15) is 9.59 Å². The van der Waals surface area contributed by atoms with E-state index in [1.165, 1.54) is 0 Å². The van der Waals surface area contributed by atoms with Crippen molar-refractivity contribution < 1.29 is 19.1 Å². The predicted molar refractivity (Wildman–Crippen MR) is 114 cm³/mol. The lowest BCUT2D eigenvalue weighted by Crippen LogP contribution is -2.38. The van der Waals surface area contributed by atoms with Crippen molar-refractivity contribution in [1.29, 1.82) is 0 Å². The van der Waals surface area contributed by atoms with Crippen LogP contribution in [0.3, 0.4) is 0 Å². The van der Waals surface area contributed by atoms with E-state index < -0.39 is 5.92 Å². The van der Waals surface area contributed by atoms with Crippen LogP contribution < -0.4 is 4.74 Å². The van der Waals surface area contributed by atoms with Gasteiger partial charge in [-0.15, -0.1) is 0 Å². The molecule has 0 aromatic heterocycles. The monoisotopic (exact) mass is 459 g/mol. The Labute approximate surface area is 179 Å². The first-order valence-electron chi connectivity index (χ1n) is 10.3. The maximum atomic E-state index is 13.3. The molecule has 0 amide bonds. The third kappa shape index (κ3) is 3.91. The summed E-state index contributed by atoms with van der Waals surface area (Å²) < 4.78 is 12.0. The zero-order valence-corrected chi connectivity index (χ0v) is 18.5. The van der Waals surface area contributed by atoms with Gasteiger partial charge in [0.15, 0.2) is 5.78 Å². The van der Waals surface area contributed by atoms with E-state index in [2.05, 4.69) is 15.9 Å². The number of carbonyl (C=O) groups is 2. The molecule has 4 rings (SSSR count). The molecule has 1 unspecified atom stereocenters. The van der Waals surface area contributed by atoms with Gasteiger partial charge in [-0.2, -0.15) is 0 Å². The fraction of sp³-hybridized carbons (Fsp3) is 0.522. The van der Waals surface area contributed by atoms with E-state index in [4.69, 9.17) is 14.5 Å². The summed E-state index contributed by atoms with van der Waals surface area (Å²) in [4.78, 5) is 30.9. The molecule has 0 bridgehead atoms. The Bertz CT molecular complexity index is 898. The fourth-order valence-electron chi connectivity index (χ4n) is 4.79. The molecule has 1 aromatic rings. The normalized spacial score (nSPS) is 24.9. The smallest absolute Gasteiger partial charge is 0.315 e. The number of aliphatic imine (C=N–C) groups is 1. The maximum Gasteiger partial charge on any atom is 0.315 e. The largest absolute Gasteiger partial charge is 0.496 e. The lowest BCUT2D eigenvalue weighted by molar-refractivity contribution is -0.151. The Kier molecular flexibility index (Phi) is 5.91. The Morgan fingerprint density at radius 3 is 2.62 bits per heavy atom. The number of ether oxygens (including phenoxy) is 2. The van der Waals surface area contributed by atoms with Crippen LogP contribution in [0.15, 0.2) is 38.9 Å². The summed E-state index contributed by atoms with van der Waals surface area (Å²) in [5.74, 6) is -0.398. The maximum absolute atomic E-state index is 13.3. The van der Waals surface area contributed by atoms with E-state index in [-0.39, 0.29) is 23.8 Å². The van der Waals surface area contributed by atoms with E-state index in [0.29, 0.717) is 17.7 Å². The van der Waals surface area contributed by atoms with Crippen LogP contribution in [0.4, 0.5) is 0 Å². The molecule has 3 aliphatic rings. The summed E-state index contributed by atoms with van der Waals surface area (Å²) in [6, 6.07) is 5.76. The lowest BCUT2D eigenvalue weighted by Gasteiger charge is -2.35. The first-order chi connectivity index (χ1) is 14.0. The molecule has 0 spiro atoms. The van der Waals surface area contributed by atoms with E-state index >= 15 is 0 Å². The highest BCUT2D eigenvalue weighted by Gasteiger charge is 2.44. The van der Waals surface area contributed by atoms with Gasteiger partial charge in [0, 0.05) is 29.3 Å². The van der Waals surface area contributed by atoms with Crippen molar-refractivity contribution in [3.63, 3.8) is 0 Å². The van der Waals surface area contributed by atoms with Gasteiger partial charge in [0.25, 0.3) is 0 Å². The van der Waals surface area contributed by atoms with Crippen LogP contribution in [0.2, 0.25) is 0 Å². The zero-order valence-electron chi connectivity index (χ0n) is 16.9. The summed E-state index contributed by atoms with van der Waals surface area (Å²) in [7, 11) is 1.62. The average molecular weight is 460 g/mol. The number of Topliss-reactive ketones (excluding diaryl/α,β-unsaturated/α-hetero) is 1. The Hall–Kier alpha value is -1.95. The standard InChI is InChI=1S/C23H26BrNO4/c1-13-20(23(27)29-15-6-3-4-7-15)21(14-10-11-19(28-2)16(24)12-14)22-17(25-13)8-5-9-18(22)26/h10-12,15,20-21H,3-9H2,1-2H3/t20?,21-/m1/s1. The van der Waals surface area contributed by atoms with Gasteiger partial charge in [-0.1, -0.05) is 6.07 Å². The minimum Gasteiger partial charge on any atom is -0.496 e. The van der Waals surface area contributed by atoms with E-state index in [1.54, 1.807) is 7.11 Å². The Morgan fingerprint density at radius 1 is 1.17 bits per heavy atom. The zero-order chi connectivity index (χ0) is 20.5. The molecule has 5 nitrogen and oxygen atoms in total. The van der Waals surface area contributed by atoms with Crippen molar-refractivity contribution >= 4 is 33.4 Å². The van der Waals surface area contributed by atoms with Gasteiger partial charge >= 0.3 is 5.97 Å². The molecule has 6 heteroatoms. The summed E-state index contributed by atoms with van der Waals surface area (Å²) >= 11 is 3.55. The molecule has 2 aliphatic carbocycles. The number of hydrogen-bond donors (Lipinski definition) is 0. The molecule has 154 valence electrons. The lowest BCUT2D eigenvalue weighted by atomic mass is 9.72. The first-order valence-corrected chi connectivity index (χ1v) is 11.1. The molecule has 1 aliphatic heterocycles. The Balaban J connectivity index is 1.77. The number of hydrogen-bond acceptors (Lipinski definition) is 5. The van der Waals surface area contributed by atoms with Gasteiger partial charge in [0.1, 0.15) is 17.8 Å². The third-order valence-corrected chi connectivity index (χ3v) is 6.83. The van der Waals surface area contributed by atoms with Crippen LogP contribution in [-0.4, -0.2) is 30.7 Å². The molecule has 0 radical (unpaired) electrons. The van der Waals surface area contributed by atoms with Crippen molar-refractivity contribution in [3.05, 3.63) is 39.5 Å². The molecule has 1 fully saturated rings. The van der Waals surface area contributed by atoms with Crippen molar-refractivity contribution in [2.45, 2.75) is 63.9 Å². The number of allylic oxidation sites excluding steroid dienone is 2. The van der Waals surface area contributed by atoms with Crippen LogP contribution in [0.25, 0.3) is 0 Å². The molecule has 0 N–H and O–H groups in total. The van der Waals surface area contributed by atoms with Gasteiger partial charge < -0.3 is 9.47 Å². The number of benzene rings is 1. The summed E-state index contributed by atoms with van der Waals surface area (Å²) in [6.45, 7) is 1.88. The number of esters is 1. The minimum absolute atomic E-state index is 0.0176. The van der Waals surface area contributed by atoms with Gasteiger partial charge in [0.05, 0.1) is 11.6 Å². The molecular formula is C23H26BrNO4. The molecule has 29 heavy (non-hydrogen) atoms. The van der Waals surface area contributed by atoms with Crippen LogP contribution in [-0.2, 0) is 14.3 Å². The molecule has 1 heterocycles. The van der Waals surface area contributed by atoms with E-state index in [1.807, 2.05) is 25.1 Å². The van der Waals surface area contributed by atoms with Crippen molar-refractivity contribution in [3.8, 4) is 5.75 Å². The number of ketones is 1. The summed E-state index contributed by atoms with van der Waals surface area (Å²) in [5.41, 5.74) is 3.16. The third-order valence-electron chi connectivity index (χ3n) is 6.21. The van der Waals surface area contributed by atoms with Gasteiger partial charge in [-0.3, -0.25) is 14.6 Å². The summed E-state index contributed by atoms with van der Waals surface area (Å²) in [5, 5.41) is 0. The highest BCUT2D eigenvalue weighted by Crippen LogP contribution is 2.45. The number of carbonyl (C=O) groups excluding carboxylic acids is 2. The minimum atomic E-state index is -0.573. The highest BCUT2D eigenvalue weighted by molar-refractivity contribution is 9.10. The fourth-order valence-corrected chi connectivity index (χ4v) is 5.35. The van der Waals surface area contributed by atoms with Crippen LogP contribution >= 0.6 is 15.9 Å². The highest BCUT2D eigenvalue weighted by atomic mass is 79.9. The second-order valence-electron chi connectivity index (χ2n) is 8.08. The molecule has 1 aromatic carbocycles. The number of rotatable bonds is 4. The second-order valence-corrected chi connectivity index (χ2v) is 8.94. The average Bonchev–Trinajstić information content (AvgIpc) is 3.20. The predicted octanol–water partition coefficient (Wildman–Crippen LogP) is 5.12. The second kappa shape index (κ2) is 8.42. The first kappa shape index (κ1) is 20.3. The number of methoxy groups -OCH3 is 1. The molecule has 1 saturated carbocycles. The van der Waals surface area contributed by atoms with Crippen LogP contribution in [0.1, 0.15) is 63.4 Å². The molecule has 2 atom stereocenters. The quantitative estimate of drug-likeness (QED) is 0.585. The van der Waals surface area contributed by atoms with Gasteiger partial charge in [-0.25, -0.2) is 0 Å². The van der Waals surface area contributed by atoms with Gasteiger partial charge in [0.2, 0.25) is 0 Å². The number of halogens is 1. The SMILES string of the molecule is COc1ccc([C@H]2C3=C(CCCC3=O)N=C(C)C2C(=O)OC2CCCC2)cc1Br. The van der Waals surface area contributed by atoms with Crippen molar-refractivity contribution in [2.75, 3.05) is 7.11 Å². The number of nitrogens with zero attached hydrogens (tertiary/aromatic N) is 1. The van der Waals surface area contributed by atoms with Gasteiger partial charge in [-0.05, 0) is 79.1 Å². The topological polar surface area (TPSA) is 65.0 Å². The van der Waals surface area contributed by atoms with Crippen molar-refractivity contribution in [2.24, 2.45) is 10.9 Å². The van der Waals surface area contributed by atoms with Crippen LogP contribution in [0, 0.1) is 5.92 Å². The Morgan fingerprint density at radius 2 is 1.93 bits per heavy atom. The summed E-state index contributed by atoms with van der Waals surface area (Å²) in [6.07, 6.45) is 6.10.